The molecule has 0 aliphatic rings. The molecule has 0 amide bonds. The molecule has 0 bridgehead atoms. The number of rotatable bonds is 5. The van der Waals surface area contributed by atoms with E-state index in [-0.39, 0.29) is 6.04 Å². The minimum atomic E-state index is 0.144. The average molecular weight is 261 g/mol. The van der Waals surface area contributed by atoms with Crippen LogP contribution in [0.5, 0.6) is 0 Å². The van der Waals surface area contributed by atoms with E-state index in [9.17, 15) is 0 Å². The van der Waals surface area contributed by atoms with Gasteiger partial charge in [0.1, 0.15) is 5.82 Å². The van der Waals surface area contributed by atoms with Gasteiger partial charge in [0.05, 0.1) is 6.04 Å². The maximum absolute atomic E-state index is 4.42. The van der Waals surface area contributed by atoms with E-state index in [0.717, 1.165) is 11.6 Å². The molecule has 1 unspecified atom stereocenters. The quantitative estimate of drug-likeness (QED) is 0.839. The van der Waals surface area contributed by atoms with Crippen molar-refractivity contribution >= 4 is 11.8 Å². The third-order valence-electron chi connectivity index (χ3n) is 2.93. The Morgan fingerprint density at radius 2 is 2.06 bits per heavy atom. The van der Waals surface area contributed by atoms with Gasteiger partial charge in [-0.25, -0.2) is 4.98 Å². The van der Waals surface area contributed by atoms with Crippen molar-refractivity contribution in [2.24, 2.45) is 7.05 Å². The first-order chi connectivity index (χ1) is 8.76. The van der Waals surface area contributed by atoms with Crippen LogP contribution in [0, 0.1) is 0 Å². The fourth-order valence-electron chi connectivity index (χ4n) is 2.02. The van der Waals surface area contributed by atoms with Crippen LogP contribution in [0.15, 0.2) is 41.6 Å². The Kier molecular flexibility index (Phi) is 4.44. The number of aromatic nitrogens is 2. The van der Waals surface area contributed by atoms with E-state index >= 15 is 0 Å². The monoisotopic (exact) mass is 261 g/mol. The molecule has 0 radical (unpaired) electrons. The molecule has 0 saturated carbocycles. The van der Waals surface area contributed by atoms with Crippen molar-refractivity contribution in [1.29, 1.82) is 0 Å². The van der Waals surface area contributed by atoms with Crippen molar-refractivity contribution in [1.82, 2.24) is 14.9 Å². The molecule has 0 spiro atoms. The summed E-state index contributed by atoms with van der Waals surface area (Å²) in [6.45, 7) is 2.17. The van der Waals surface area contributed by atoms with Crippen LogP contribution in [0.25, 0.3) is 0 Å². The Bertz CT molecular complexity index is 490. The lowest BCUT2D eigenvalue weighted by atomic mass is 10.1. The Labute approximate surface area is 113 Å². The summed E-state index contributed by atoms with van der Waals surface area (Å²) in [5.41, 5.74) is 1.24. The molecule has 18 heavy (non-hydrogen) atoms. The van der Waals surface area contributed by atoms with Crippen LogP contribution >= 0.6 is 11.8 Å². The summed E-state index contributed by atoms with van der Waals surface area (Å²) in [6.07, 6.45) is 3.81. The average Bonchev–Trinajstić information content (AvgIpc) is 2.79. The van der Waals surface area contributed by atoms with Crippen molar-refractivity contribution in [3.8, 4) is 0 Å². The molecule has 0 fully saturated rings. The van der Waals surface area contributed by atoms with Gasteiger partial charge < -0.3 is 9.88 Å². The number of hydrogen-bond donors (Lipinski definition) is 1. The Balaban J connectivity index is 2.25. The summed E-state index contributed by atoms with van der Waals surface area (Å²) in [5.74, 6) is 2.14. The van der Waals surface area contributed by atoms with Crippen LogP contribution in [0.3, 0.4) is 0 Å². The van der Waals surface area contributed by atoms with E-state index < -0.39 is 0 Å². The number of nitrogens with one attached hydrogen (secondary N) is 1. The number of hydrogen-bond acceptors (Lipinski definition) is 3. The van der Waals surface area contributed by atoms with Crippen molar-refractivity contribution in [3.63, 3.8) is 0 Å². The second kappa shape index (κ2) is 6.07. The molecule has 96 valence electrons. The van der Waals surface area contributed by atoms with Crippen molar-refractivity contribution in [2.75, 3.05) is 12.8 Å². The predicted molar refractivity (Wildman–Crippen MR) is 77.0 cm³/mol. The molecule has 0 saturated heterocycles. The minimum absolute atomic E-state index is 0.144. The second-order valence-electron chi connectivity index (χ2n) is 4.12. The second-order valence-corrected chi connectivity index (χ2v) is 5.46. The fraction of sp³-hybridized carbons (Fsp3) is 0.357. The molecule has 1 atom stereocenters. The van der Waals surface area contributed by atoms with E-state index in [1.165, 1.54) is 10.5 Å². The molecule has 2 aromatic rings. The summed E-state index contributed by atoms with van der Waals surface area (Å²) in [5, 5.41) is 3.32. The van der Waals surface area contributed by atoms with Crippen LogP contribution in [0.1, 0.15) is 24.4 Å². The first-order valence-corrected chi connectivity index (χ1v) is 7.12. The van der Waals surface area contributed by atoms with Crippen LogP contribution in [-0.2, 0) is 7.05 Å². The van der Waals surface area contributed by atoms with Gasteiger partial charge in [-0.05, 0) is 30.5 Å². The summed E-state index contributed by atoms with van der Waals surface area (Å²) < 4.78 is 2.05. The van der Waals surface area contributed by atoms with Crippen LogP contribution in [0.4, 0.5) is 0 Å². The normalized spacial score (nSPS) is 12.6. The van der Waals surface area contributed by atoms with Crippen molar-refractivity contribution in [3.05, 3.63) is 48.0 Å². The number of thioether (sulfide) groups is 1. The summed E-state index contributed by atoms with van der Waals surface area (Å²) in [4.78, 5) is 5.73. The Morgan fingerprint density at radius 3 is 2.56 bits per heavy atom. The fourth-order valence-corrected chi connectivity index (χ4v) is 2.69. The molecule has 1 aromatic carbocycles. The van der Waals surface area contributed by atoms with E-state index in [4.69, 9.17) is 0 Å². The zero-order valence-corrected chi connectivity index (χ0v) is 11.9. The standard InChI is InChI=1S/C14H19N3S/c1-4-18-12-7-5-11(6-8-12)13(15-2)14-16-9-10-17(14)3/h5-10,13,15H,4H2,1-3H3. The number of imidazole rings is 1. The molecule has 1 N–H and O–H groups in total. The smallest absolute Gasteiger partial charge is 0.130 e. The van der Waals surface area contributed by atoms with Gasteiger partial charge in [-0.2, -0.15) is 0 Å². The van der Waals surface area contributed by atoms with Gasteiger partial charge in [0.2, 0.25) is 0 Å². The van der Waals surface area contributed by atoms with E-state index in [0.29, 0.717) is 0 Å². The first kappa shape index (κ1) is 13.2. The molecule has 4 heteroatoms. The van der Waals surface area contributed by atoms with E-state index in [2.05, 4.69) is 46.1 Å². The van der Waals surface area contributed by atoms with Crippen molar-refractivity contribution in [2.45, 2.75) is 17.9 Å². The lowest BCUT2D eigenvalue weighted by Crippen LogP contribution is -2.21. The summed E-state index contributed by atoms with van der Waals surface area (Å²) >= 11 is 1.86. The van der Waals surface area contributed by atoms with Gasteiger partial charge in [-0.3, -0.25) is 0 Å². The highest BCUT2D eigenvalue weighted by molar-refractivity contribution is 7.99. The van der Waals surface area contributed by atoms with Crippen LogP contribution < -0.4 is 5.32 Å². The summed E-state index contributed by atoms with van der Waals surface area (Å²) in [7, 11) is 3.99. The van der Waals surface area contributed by atoms with Gasteiger partial charge in [-0.15, -0.1) is 11.8 Å². The third kappa shape index (κ3) is 2.76. The van der Waals surface area contributed by atoms with Crippen LogP contribution in [0.2, 0.25) is 0 Å². The van der Waals surface area contributed by atoms with Gasteiger partial charge in [0, 0.05) is 24.3 Å². The van der Waals surface area contributed by atoms with Crippen molar-refractivity contribution < 1.29 is 0 Å². The highest BCUT2D eigenvalue weighted by Crippen LogP contribution is 2.23. The van der Waals surface area contributed by atoms with Gasteiger partial charge in [0.15, 0.2) is 0 Å². The molecule has 3 nitrogen and oxygen atoms in total. The number of aryl methyl sites for hydroxylation is 1. The lowest BCUT2D eigenvalue weighted by molar-refractivity contribution is 0.617. The van der Waals surface area contributed by atoms with Gasteiger partial charge in [-0.1, -0.05) is 19.1 Å². The molecule has 0 aliphatic carbocycles. The largest absolute Gasteiger partial charge is 0.336 e. The maximum Gasteiger partial charge on any atom is 0.130 e. The SMILES string of the molecule is CCSc1ccc(C(NC)c2nccn2C)cc1. The number of nitrogens with zero attached hydrogens (tertiary/aromatic N) is 2. The van der Waals surface area contributed by atoms with E-state index in [1.807, 2.05) is 38.3 Å². The zero-order chi connectivity index (χ0) is 13.0. The maximum atomic E-state index is 4.42. The number of benzene rings is 1. The predicted octanol–water partition coefficient (Wildman–Crippen LogP) is 2.84. The molecule has 1 aromatic heterocycles. The molecular weight excluding hydrogens is 242 g/mol. The zero-order valence-electron chi connectivity index (χ0n) is 11.1. The van der Waals surface area contributed by atoms with Crippen LogP contribution in [-0.4, -0.2) is 22.4 Å². The minimum Gasteiger partial charge on any atom is -0.336 e. The Hall–Kier alpha value is -1.26. The highest BCUT2D eigenvalue weighted by atomic mass is 32.2. The first-order valence-electron chi connectivity index (χ1n) is 6.13. The van der Waals surface area contributed by atoms with Gasteiger partial charge >= 0.3 is 0 Å². The lowest BCUT2D eigenvalue weighted by Gasteiger charge is -2.16. The third-order valence-corrected chi connectivity index (χ3v) is 3.82. The summed E-state index contributed by atoms with van der Waals surface area (Å²) in [6, 6.07) is 8.85. The molecule has 0 aliphatic heterocycles. The Morgan fingerprint density at radius 1 is 1.33 bits per heavy atom. The van der Waals surface area contributed by atoms with E-state index in [1.54, 1.807) is 0 Å². The molecule has 1 heterocycles. The van der Waals surface area contributed by atoms with Gasteiger partial charge in [0.25, 0.3) is 0 Å². The molecular formula is C14H19N3S. The molecule has 2 rings (SSSR count). The topological polar surface area (TPSA) is 29.9 Å². The highest BCUT2D eigenvalue weighted by Gasteiger charge is 2.15.